The smallest absolute Gasteiger partial charge is 0.242 e. The maximum absolute atomic E-state index is 11.8. The molecule has 86 valence electrons. The molecule has 0 radical (unpaired) electrons. The van der Waals surface area contributed by atoms with Gasteiger partial charge in [-0.2, -0.15) is 0 Å². The summed E-state index contributed by atoms with van der Waals surface area (Å²) in [7, 11) is 1.89. The minimum absolute atomic E-state index is 0.153. The molecule has 0 aromatic heterocycles. The van der Waals surface area contributed by atoms with Gasteiger partial charge in [0.1, 0.15) is 0 Å². The van der Waals surface area contributed by atoms with Gasteiger partial charge < -0.3 is 10.6 Å². The standard InChI is InChI=1S/C12H22N2O/c1-14(11(15)12(13)7-8-12)9-6-10-4-2-3-5-10/h10H,2-9,13H2,1H3. The van der Waals surface area contributed by atoms with E-state index in [4.69, 9.17) is 5.73 Å². The molecule has 0 atom stereocenters. The fourth-order valence-corrected chi connectivity index (χ4v) is 2.51. The summed E-state index contributed by atoms with van der Waals surface area (Å²) in [5.41, 5.74) is 5.40. The minimum atomic E-state index is -0.482. The Bertz CT molecular complexity index is 242. The molecule has 2 N–H and O–H groups in total. The quantitative estimate of drug-likeness (QED) is 0.764. The minimum Gasteiger partial charge on any atom is -0.344 e. The predicted molar refractivity (Wildman–Crippen MR) is 60.4 cm³/mol. The second-order valence-corrected chi connectivity index (χ2v) is 5.32. The average Bonchev–Trinajstić information content (AvgIpc) is 2.80. The Morgan fingerprint density at radius 2 is 2.00 bits per heavy atom. The van der Waals surface area contributed by atoms with E-state index < -0.39 is 5.54 Å². The highest BCUT2D eigenvalue weighted by Gasteiger charge is 2.47. The Labute approximate surface area is 92.0 Å². The zero-order valence-electron chi connectivity index (χ0n) is 9.67. The summed E-state index contributed by atoms with van der Waals surface area (Å²) < 4.78 is 0. The monoisotopic (exact) mass is 210 g/mol. The van der Waals surface area contributed by atoms with Crippen molar-refractivity contribution < 1.29 is 4.79 Å². The summed E-state index contributed by atoms with van der Waals surface area (Å²) in [5.74, 6) is 1.01. The second kappa shape index (κ2) is 4.12. The van der Waals surface area contributed by atoms with Crippen LogP contribution in [-0.2, 0) is 4.79 Å². The van der Waals surface area contributed by atoms with Crippen LogP contribution < -0.4 is 5.73 Å². The van der Waals surface area contributed by atoms with Crippen molar-refractivity contribution in [3.63, 3.8) is 0 Å². The van der Waals surface area contributed by atoms with Crippen LogP contribution in [0, 0.1) is 5.92 Å². The lowest BCUT2D eigenvalue weighted by molar-refractivity contribution is -0.132. The van der Waals surface area contributed by atoms with Crippen molar-refractivity contribution in [2.75, 3.05) is 13.6 Å². The van der Waals surface area contributed by atoms with Gasteiger partial charge in [0.2, 0.25) is 5.91 Å². The summed E-state index contributed by atoms with van der Waals surface area (Å²) in [6, 6.07) is 0. The third-order valence-corrected chi connectivity index (χ3v) is 3.91. The number of nitrogens with two attached hydrogens (primary N) is 1. The first kappa shape index (κ1) is 10.9. The fraction of sp³-hybridized carbons (Fsp3) is 0.917. The molecule has 2 aliphatic rings. The van der Waals surface area contributed by atoms with Gasteiger partial charge in [0.05, 0.1) is 5.54 Å². The first-order chi connectivity index (χ1) is 7.12. The molecular formula is C12H22N2O. The normalized spacial score (nSPS) is 24.1. The Morgan fingerprint density at radius 3 is 2.53 bits per heavy atom. The predicted octanol–water partition coefficient (Wildman–Crippen LogP) is 1.52. The number of hydrogen-bond acceptors (Lipinski definition) is 2. The molecule has 0 saturated heterocycles. The Morgan fingerprint density at radius 1 is 1.40 bits per heavy atom. The molecule has 1 amide bonds. The van der Waals surface area contributed by atoms with E-state index in [2.05, 4.69) is 0 Å². The van der Waals surface area contributed by atoms with Gasteiger partial charge in [-0.25, -0.2) is 0 Å². The van der Waals surface area contributed by atoms with Gasteiger partial charge in [0.25, 0.3) is 0 Å². The van der Waals surface area contributed by atoms with E-state index in [0.29, 0.717) is 0 Å². The molecule has 0 bridgehead atoms. The number of hydrogen-bond donors (Lipinski definition) is 1. The molecule has 2 saturated carbocycles. The van der Waals surface area contributed by atoms with Gasteiger partial charge >= 0.3 is 0 Å². The molecule has 0 aromatic rings. The molecule has 2 rings (SSSR count). The molecule has 2 fully saturated rings. The van der Waals surface area contributed by atoms with Crippen LogP contribution in [0.25, 0.3) is 0 Å². The van der Waals surface area contributed by atoms with Crippen LogP contribution in [0.2, 0.25) is 0 Å². The van der Waals surface area contributed by atoms with Crippen LogP contribution >= 0.6 is 0 Å². The van der Waals surface area contributed by atoms with E-state index in [-0.39, 0.29) is 5.91 Å². The molecule has 3 nitrogen and oxygen atoms in total. The molecular weight excluding hydrogens is 188 g/mol. The van der Waals surface area contributed by atoms with Gasteiger partial charge in [0, 0.05) is 13.6 Å². The zero-order valence-corrected chi connectivity index (χ0v) is 9.67. The molecule has 0 aliphatic heterocycles. The van der Waals surface area contributed by atoms with E-state index in [9.17, 15) is 4.79 Å². The molecule has 2 aliphatic carbocycles. The van der Waals surface area contributed by atoms with Crippen molar-refractivity contribution in [3.8, 4) is 0 Å². The van der Waals surface area contributed by atoms with Crippen molar-refractivity contribution in [1.82, 2.24) is 4.90 Å². The van der Waals surface area contributed by atoms with Crippen molar-refractivity contribution in [2.24, 2.45) is 11.7 Å². The Kier molecular flexibility index (Phi) is 3.01. The number of carbonyl (C=O) groups is 1. The van der Waals surface area contributed by atoms with Crippen LogP contribution in [0.4, 0.5) is 0 Å². The first-order valence-electron chi connectivity index (χ1n) is 6.16. The average molecular weight is 210 g/mol. The van der Waals surface area contributed by atoms with E-state index >= 15 is 0 Å². The first-order valence-corrected chi connectivity index (χ1v) is 6.16. The summed E-state index contributed by atoms with van der Waals surface area (Å²) in [6.45, 7) is 0.891. The summed E-state index contributed by atoms with van der Waals surface area (Å²) >= 11 is 0. The van der Waals surface area contributed by atoms with Crippen LogP contribution in [0.5, 0.6) is 0 Å². The third kappa shape index (κ3) is 2.51. The zero-order chi connectivity index (χ0) is 10.9. The highest BCUT2D eigenvalue weighted by Crippen LogP contribution is 2.34. The van der Waals surface area contributed by atoms with Crippen molar-refractivity contribution in [3.05, 3.63) is 0 Å². The summed E-state index contributed by atoms with van der Waals surface area (Å²) in [5, 5.41) is 0. The maximum atomic E-state index is 11.8. The number of carbonyl (C=O) groups excluding carboxylic acids is 1. The Balaban J connectivity index is 1.71. The SMILES string of the molecule is CN(CCC1CCCC1)C(=O)C1(N)CC1. The summed E-state index contributed by atoms with van der Waals surface area (Å²) in [6.07, 6.45) is 8.38. The largest absolute Gasteiger partial charge is 0.344 e. The number of rotatable bonds is 4. The fourth-order valence-electron chi connectivity index (χ4n) is 2.51. The lowest BCUT2D eigenvalue weighted by Crippen LogP contribution is -2.44. The molecule has 0 unspecified atom stereocenters. The van der Waals surface area contributed by atoms with Crippen LogP contribution in [-0.4, -0.2) is 29.9 Å². The van der Waals surface area contributed by atoms with Gasteiger partial charge in [-0.15, -0.1) is 0 Å². The van der Waals surface area contributed by atoms with Crippen LogP contribution in [0.1, 0.15) is 44.9 Å². The number of nitrogens with zero attached hydrogens (tertiary/aromatic N) is 1. The number of amides is 1. The highest BCUT2D eigenvalue weighted by atomic mass is 16.2. The molecule has 0 heterocycles. The van der Waals surface area contributed by atoms with Gasteiger partial charge in [-0.3, -0.25) is 4.79 Å². The lowest BCUT2D eigenvalue weighted by Gasteiger charge is -2.22. The summed E-state index contributed by atoms with van der Waals surface area (Å²) in [4.78, 5) is 13.7. The van der Waals surface area contributed by atoms with Gasteiger partial charge in [0.15, 0.2) is 0 Å². The second-order valence-electron chi connectivity index (χ2n) is 5.32. The van der Waals surface area contributed by atoms with Gasteiger partial charge in [-0.1, -0.05) is 25.7 Å². The molecule has 0 aromatic carbocycles. The maximum Gasteiger partial charge on any atom is 0.242 e. The van der Waals surface area contributed by atoms with Crippen molar-refractivity contribution in [1.29, 1.82) is 0 Å². The van der Waals surface area contributed by atoms with E-state index in [1.165, 1.54) is 32.1 Å². The van der Waals surface area contributed by atoms with Crippen LogP contribution in [0.15, 0.2) is 0 Å². The van der Waals surface area contributed by atoms with Crippen LogP contribution in [0.3, 0.4) is 0 Å². The number of likely N-dealkylation sites (N-methyl/N-ethyl adjacent to an activating group) is 1. The van der Waals surface area contributed by atoms with Crippen molar-refractivity contribution >= 4 is 5.91 Å². The lowest BCUT2D eigenvalue weighted by atomic mass is 10.0. The van der Waals surface area contributed by atoms with E-state index in [1.807, 2.05) is 11.9 Å². The molecule has 0 spiro atoms. The topological polar surface area (TPSA) is 46.3 Å². The Hall–Kier alpha value is -0.570. The van der Waals surface area contributed by atoms with E-state index in [0.717, 1.165) is 25.3 Å². The highest BCUT2D eigenvalue weighted by molar-refractivity contribution is 5.88. The van der Waals surface area contributed by atoms with E-state index in [1.54, 1.807) is 0 Å². The molecule has 3 heteroatoms. The van der Waals surface area contributed by atoms with Crippen molar-refractivity contribution in [2.45, 2.75) is 50.5 Å². The molecule has 15 heavy (non-hydrogen) atoms. The third-order valence-electron chi connectivity index (χ3n) is 3.91. The van der Waals surface area contributed by atoms with Gasteiger partial charge in [-0.05, 0) is 25.2 Å².